The van der Waals surface area contributed by atoms with Crippen LogP contribution in [0.2, 0.25) is 0 Å². The molecule has 0 bridgehead atoms. The highest BCUT2D eigenvalue weighted by Crippen LogP contribution is 2.28. The molecule has 0 atom stereocenters. The summed E-state index contributed by atoms with van der Waals surface area (Å²) < 4.78 is 5.08. The van der Waals surface area contributed by atoms with E-state index in [4.69, 9.17) is 4.74 Å². The number of hydrogen-bond donors (Lipinski definition) is 1. The standard InChI is InChI=1S/C19H23N3O4/c1-12-3-4-13(2)16(9-12)22-17(23)8-7-15(21-22)19(25)20-10-18(24)26-11-14-5-6-14/h3-4,9,14H,5-8,10-11H2,1-2H3,(H,20,25). The highest BCUT2D eigenvalue weighted by molar-refractivity contribution is 6.40. The number of carbonyl (C=O) groups excluding carboxylic acids is 3. The number of esters is 1. The maximum absolute atomic E-state index is 12.3. The van der Waals surface area contributed by atoms with Gasteiger partial charge in [0, 0.05) is 12.8 Å². The van der Waals surface area contributed by atoms with Crippen LogP contribution in [0, 0.1) is 19.8 Å². The molecule has 1 aliphatic carbocycles. The normalized spacial score (nSPS) is 16.9. The maximum atomic E-state index is 12.3. The molecule has 1 saturated carbocycles. The van der Waals surface area contributed by atoms with Crippen molar-refractivity contribution in [2.75, 3.05) is 18.2 Å². The molecule has 138 valence electrons. The third-order valence-electron chi connectivity index (χ3n) is 4.46. The zero-order chi connectivity index (χ0) is 18.7. The SMILES string of the molecule is Cc1ccc(C)c(N2N=C(C(=O)NCC(=O)OCC3CC3)CCC2=O)c1. The second-order valence-corrected chi connectivity index (χ2v) is 6.85. The van der Waals surface area contributed by atoms with E-state index in [9.17, 15) is 14.4 Å². The van der Waals surface area contributed by atoms with Gasteiger partial charge in [-0.15, -0.1) is 0 Å². The molecule has 1 aromatic rings. The van der Waals surface area contributed by atoms with Gasteiger partial charge in [-0.25, -0.2) is 5.01 Å². The van der Waals surface area contributed by atoms with Crippen LogP contribution in [0.3, 0.4) is 0 Å². The summed E-state index contributed by atoms with van der Waals surface area (Å²) in [7, 11) is 0. The first-order valence-electron chi connectivity index (χ1n) is 8.85. The summed E-state index contributed by atoms with van der Waals surface area (Å²) in [6.07, 6.45) is 2.65. The smallest absolute Gasteiger partial charge is 0.325 e. The predicted octanol–water partition coefficient (Wildman–Crippen LogP) is 1.86. The first-order chi connectivity index (χ1) is 12.4. The summed E-state index contributed by atoms with van der Waals surface area (Å²) in [6.45, 7) is 4.05. The number of ether oxygens (including phenoxy) is 1. The second kappa shape index (κ2) is 7.68. The summed E-state index contributed by atoms with van der Waals surface area (Å²) in [5, 5.41) is 8.04. The van der Waals surface area contributed by atoms with Crippen LogP contribution in [0.15, 0.2) is 23.3 Å². The highest BCUT2D eigenvalue weighted by Gasteiger charge is 2.27. The van der Waals surface area contributed by atoms with Crippen LogP contribution < -0.4 is 10.3 Å². The number of carbonyl (C=O) groups is 3. The number of hydrazone groups is 1. The van der Waals surface area contributed by atoms with Gasteiger partial charge in [0.15, 0.2) is 0 Å². The van der Waals surface area contributed by atoms with E-state index >= 15 is 0 Å². The van der Waals surface area contributed by atoms with E-state index in [0.29, 0.717) is 18.2 Å². The van der Waals surface area contributed by atoms with Crippen LogP contribution in [0.5, 0.6) is 0 Å². The fourth-order valence-electron chi connectivity index (χ4n) is 2.65. The van der Waals surface area contributed by atoms with E-state index in [-0.39, 0.29) is 31.0 Å². The van der Waals surface area contributed by atoms with Gasteiger partial charge in [0.1, 0.15) is 12.3 Å². The van der Waals surface area contributed by atoms with Crippen molar-refractivity contribution in [1.82, 2.24) is 5.32 Å². The van der Waals surface area contributed by atoms with Crippen LogP contribution in [0.25, 0.3) is 0 Å². The molecule has 7 heteroatoms. The molecule has 7 nitrogen and oxygen atoms in total. The molecule has 0 spiro atoms. The van der Waals surface area contributed by atoms with Crippen molar-refractivity contribution in [2.24, 2.45) is 11.0 Å². The fourth-order valence-corrected chi connectivity index (χ4v) is 2.65. The Balaban J connectivity index is 1.64. The lowest BCUT2D eigenvalue weighted by Gasteiger charge is -2.24. The number of benzene rings is 1. The Bertz CT molecular complexity index is 768. The number of rotatable bonds is 6. The Morgan fingerprint density at radius 3 is 2.77 bits per heavy atom. The lowest BCUT2D eigenvalue weighted by atomic mass is 10.1. The van der Waals surface area contributed by atoms with Crippen molar-refractivity contribution in [3.05, 3.63) is 29.3 Å². The zero-order valence-corrected chi connectivity index (χ0v) is 15.1. The third kappa shape index (κ3) is 4.47. The van der Waals surface area contributed by atoms with E-state index in [2.05, 4.69) is 10.4 Å². The minimum atomic E-state index is -0.455. The molecule has 0 radical (unpaired) electrons. The number of aryl methyl sites for hydroxylation is 2. The van der Waals surface area contributed by atoms with Crippen molar-refractivity contribution in [3.8, 4) is 0 Å². The van der Waals surface area contributed by atoms with E-state index in [1.165, 1.54) is 5.01 Å². The molecule has 1 aliphatic heterocycles. The van der Waals surface area contributed by atoms with E-state index in [1.54, 1.807) is 0 Å². The molecule has 26 heavy (non-hydrogen) atoms. The average molecular weight is 357 g/mol. The summed E-state index contributed by atoms with van der Waals surface area (Å²) in [4.78, 5) is 36.2. The fraction of sp³-hybridized carbons (Fsp3) is 0.474. The number of nitrogens with zero attached hydrogens (tertiary/aromatic N) is 2. The van der Waals surface area contributed by atoms with Gasteiger partial charge in [0.25, 0.3) is 5.91 Å². The summed E-state index contributed by atoms with van der Waals surface area (Å²) in [6, 6.07) is 5.74. The van der Waals surface area contributed by atoms with Crippen molar-refractivity contribution < 1.29 is 19.1 Å². The minimum absolute atomic E-state index is 0.154. The Hall–Kier alpha value is -2.70. The van der Waals surface area contributed by atoms with Gasteiger partial charge in [-0.2, -0.15) is 5.10 Å². The Morgan fingerprint density at radius 2 is 2.04 bits per heavy atom. The highest BCUT2D eigenvalue weighted by atomic mass is 16.5. The van der Waals surface area contributed by atoms with Crippen LogP contribution in [0.1, 0.15) is 36.8 Å². The summed E-state index contributed by atoms with van der Waals surface area (Å²) >= 11 is 0. The molecule has 1 aromatic carbocycles. The molecule has 0 unspecified atom stereocenters. The second-order valence-electron chi connectivity index (χ2n) is 6.85. The Labute approximate surface area is 152 Å². The topological polar surface area (TPSA) is 88.1 Å². The van der Waals surface area contributed by atoms with Gasteiger partial charge in [-0.3, -0.25) is 14.4 Å². The first kappa shape index (κ1) is 18.1. The van der Waals surface area contributed by atoms with Gasteiger partial charge < -0.3 is 10.1 Å². The molecule has 1 fully saturated rings. The molecular weight excluding hydrogens is 334 g/mol. The van der Waals surface area contributed by atoms with Crippen molar-refractivity contribution >= 4 is 29.2 Å². The number of nitrogens with one attached hydrogen (secondary N) is 1. The van der Waals surface area contributed by atoms with Gasteiger partial charge in [-0.1, -0.05) is 12.1 Å². The molecule has 0 saturated heterocycles. The summed E-state index contributed by atoms with van der Waals surface area (Å²) in [5.74, 6) is -0.575. The first-order valence-corrected chi connectivity index (χ1v) is 8.85. The van der Waals surface area contributed by atoms with Gasteiger partial charge in [-0.05, 0) is 49.8 Å². The number of amides is 2. The Morgan fingerprint density at radius 1 is 1.27 bits per heavy atom. The van der Waals surface area contributed by atoms with Crippen LogP contribution in [0.4, 0.5) is 5.69 Å². The van der Waals surface area contributed by atoms with Crippen LogP contribution in [-0.4, -0.2) is 36.6 Å². The van der Waals surface area contributed by atoms with Crippen LogP contribution in [-0.2, 0) is 19.1 Å². The monoisotopic (exact) mass is 357 g/mol. The quantitative estimate of drug-likeness (QED) is 0.787. The van der Waals surface area contributed by atoms with Crippen LogP contribution >= 0.6 is 0 Å². The van der Waals surface area contributed by atoms with Gasteiger partial charge >= 0.3 is 5.97 Å². The van der Waals surface area contributed by atoms with E-state index in [0.717, 1.165) is 24.0 Å². The molecule has 0 aromatic heterocycles. The molecule has 2 amide bonds. The van der Waals surface area contributed by atoms with Gasteiger partial charge in [0.2, 0.25) is 5.91 Å². The van der Waals surface area contributed by atoms with Gasteiger partial charge in [0.05, 0.1) is 12.3 Å². The molecule has 2 aliphatic rings. The molecule has 3 rings (SSSR count). The van der Waals surface area contributed by atoms with E-state index < -0.39 is 11.9 Å². The largest absolute Gasteiger partial charge is 0.464 e. The molecule has 1 N–H and O–H groups in total. The van der Waals surface area contributed by atoms with Crippen molar-refractivity contribution in [1.29, 1.82) is 0 Å². The number of hydrogen-bond acceptors (Lipinski definition) is 5. The van der Waals surface area contributed by atoms with E-state index in [1.807, 2.05) is 32.0 Å². The Kier molecular flexibility index (Phi) is 5.35. The average Bonchev–Trinajstić information content (AvgIpc) is 3.45. The lowest BCUT2D eigenvalue weighted by molar-refractivity contribution is -0.144. The van der Waals surface area contributed by atoms with Crippen molar-refractivity contribution in [2.45, 2.75) is 39.5 Å². The third-order valence-corrected chi connectivity index (χ3v) is 4.46. The zero-order valence-electron chi connectivity index (χ0n) is 15.1. The summed E-state index contributed by atoms with van der Waals surface area (Å²) in [5.41, 5.74) is 2.81. The molecular formula is C19H23N3O4. The maximum Gasteiger partial charge on any atom is 0.325 e. The predicted molar refractivity (Wildman–Crippen MR) is 96.8 cm³/mol. The van der Waals surface area contributed by atoms with Crippen molar-refractivity contribution in [3.63, 3.8) is 0 Å². The minimum Gasteiger partial charge on any atom is -0.464 e. The lowest BCUT2D eigenvalue weighted by Crippen LogP contribution is -2.41. The molecule has 1 heterocycles. The number of anilines is 1.